The maximum Gasteiger partial charge on any atom is 0.143 e. The standard InChI is InChI=1S/C56H32O3/c1-2-14-33(15-3-1)51-37-17-4-6-19-39(37)52(40-20-7-5-18-38(40)51)45-30-29-42(56-54(45)44-22-10-13-25-49(44)59-56)41-28-27-35(55-53(41)43-21-9-12-24-48(43)58-55)34-26-31-50-46(32-34)36-16-8-11-23-47(36)57-50/h1-32H. The molecule has 0 spiro atoms. The third kappa shape index (κ3) is 4.64. The van der Waals surface area contributed by atoms with Crippen LogP contribution in [0.4, 0.5) is 0 Å². The quantitative estimate of drug-likeness (QED) is 0.168. The molecule has 0 aliphatic heterocycles. The van der Waals surface area contributed by atoms with Crippen LogP contribution in [0.2, 0.25) is 0 Å². The van der Waals surface area contributed by atoms with Crippen LogP contribution < -0.4 is 0 Å². The molecule has 10 aromatic carbocycles. The third-order valence-electron chi connectivity index (χ3n) is 12.3. The minimum Gasteiger partial charge on any atom is -0.456 e. The van der Waals surface area contributed by atoms with E-state index in [1.807, 2.05) is 18.2 Å². The van der Waals surface area contributed by atoms with E-state index < -0.39 is 0 Å². The van der Waals surface area contributed by atoms with Gasteiger partial charge in [0.15, 0.2) is 0 Å². The van der Waals surface area contributed by atoms with Crippen molar-refractivity contribution >= 4 is 87.4 Å². The molecule has 0 amide bonds. The van der Waals surface area contributed by atoms with Crippen molar-refractivity contribution in [2.45, 2.75) is 0 Å². The molecule has 13 aromatic rings. The van der Waals surface area contributed by atoms with Gasteiger partial charge < -0.3 is 13.3 Å². The van der Waals surface area contributed by atoms with Crippen molar-refractivity contribution in [3.8, 4) is 44.5 Å². The second-order valence-corrected chi connectivity index (χ2v) is 15.4. The second-order valence-electron chi connectivity index (χ2n) is 15.4. The molecule has 0 saturated heterocycles. The van der Waals surface area contributed by atoms with Crippen LogP contribution in [0.15, 0.2) is 207 Å². The van der Waals surface area contributed by atoms with Gasteiger partial charge in [0.1, 0.15) is 33.5 Å². The Morgan fingerprint density at radius 1 is 0.237 bits per heavy atom. The average Bonchev–Trinajstić information content (AvgIpc) is 4.00. The molecule has 0 atom stereocenters. The average molecular weight is 753 g/mol. The Labute approximate surface area is 337 Å². The molecule has 3 aromatic heterocycles. The van der Waals surface area contributed by atoms with Gasteiger partial charge in [0.25, 0.3) is 0 Å². The molecule has 0 saturated carbocycles. The lowest BCUT2D eigenvalue weighted by molar-refractivity contribution is 0.668. The fourth-order valence-corrected chi connectivity index (χ4v) is 9.76. The number of rotatable bonds is 4. The van der Waals surface area contributed by atoms with Gasteiger partial charge in [-0.15, -0.1) is 0 Å². The molecule has 0 radical (unpaired) electrons. The van der Waals surface area contributed by atoms with E-state index in [0.29, 0.717) is 0 Å². The van der Waals surface area contributed by atoms with Crippen LogP contribution in [0.1, 0.15) is 0 Å². The summed E-state index contributed by atoms with van der Waals surface area (Å²) in [6.07, 6.45) is 0. The molecule has 13 rings (SSSR count). The van der Waals surface area contributed by atoms with E-state index in [4.69, 9.17) is 13.3 Å². The highest BCUT2D eigenvalue weighted by Crippen LogP contribution is 2.50. The summed E-state index contributed by atoms with van der Waals surface area (Å²) in [4.78, 5) is 0. The molecule has 0 N–H and O–H groups in total. The van der Waals surface area contributed by atoms with Gasteiger partial charge in [-0.1, -0.05) is 152 Å². The Morgan fingerprint density at radius 2 is 0.678 bits per heavy atom. The molecule has 274 valence electrons. The number of benzene rings is 10. The number of furan rings is 3. The van der Waals surface area contributed by atoms with E-state index in [9.17, 15) is 0 Å². The van der Waals surface area contributed by atoms with Crippen LogP contribution in [-0.2, 0) is 0 Å². The lowest BCUT2D eigenvalue weighted by atomic mass is 9.84. The monoisotopic (exact) mass is 752 g/mol. The lowest BCUT2D eigenvalue weighted by Crippen LogP contribution is -1.92. The van der Waals surface area contributed by atoms with Crippen LogP contribution in [0.25, 0.3) is 132 Å². The largest absolute Gasteiger partial charge is 0.456 e. The first-order chi connectivity index (χ1) is 29.3. The Hall–Kier alpha value is -7.88. The van der Waals surface area contributed by atoms with Gasteiger partial charge >= 0.3 is 0 Å². The van der Waals surface area contributed by atoms with Gasteiger partial charge in [-0.25, -0.2) is 0 Å². The fraction of sp³-hybridized carbons (Fsp3) is 0. The number of hydrogen-bond acceptors (Lipinski definition) is 3. The molecule has 0 fully saturated rings. The molecule has 0 aliphatic carbocycles. The predicted molar refractivity (Wildman–Crippen MR) is 245 cm³/mol. The number of para-hydroxylation sites is 3. The molecular formula is C56H32O3. The van der Waals surface area contributed by atoms with E-state index in [0.717, 1.165) is 93.6 Å². The summed E-state index contributed by atoms with van der Waals surface area (Å²) >= 11 is 0. The lowest BCUT2D eigenvalue weighted by Gasteiger charge is -2.19. The van der Waals surface area contributed by atoms with Crippen LogP contribution in [0.5, 0.6) is 0 Å². The maximum atomic E-state index is 7.01. The normalized spacial score (nSPS) is 12.1. The molecule has 59 heavy (non-hydrogen) atoms. The zero-order valence-corrected chi connectivity index (χ0v) is 31.7. The van der Waals surface area contributed by atoms with Gasteiger partial charge in [0, 0.05) is 43.4 Å². The molecule has 0 unspecified atom stereocenters. The maximum absolute atomic E-state index is 7.01. The second kappa shape index (κ2) is 12.3. The first kappa shape index (κ1) is 32.2. The number of fused-ring (bicyclic) bond motifs is 11. The summed E-state index contributed by atoms with van der Waals surface area (Å²) in [5, 5.41) is 11.4. The summed E-state index contributed by atoms with van der Waals surface area (Å²) in [5.41, 5.74) is 14.2. The minimum absolute atomic E-state index is 0.845. The van der Waals surface area contributed by atoms with Crippen molar-refractivity contribution in [2.75, 3.05) is 0 Å². The van der Waals surface area contributed by atoms with E-state index in [2.05, 4.69) is 176 Å². The van der Waals surface area contributed by atoms with E-state index in [1.54, 1.807) is 0 Å². The minimum atomic E-state index is 0.845. The first-order valence-corrected chi connectivity index (χ1v) is 20.1. The summed E-state index contributed by atoms with van der Waals surface area (Å²) in [7, 11) is 0. The predicted octanol–water partition coefficient (Wildman–Crippen LogP) is 16.4. The van der Waals surface area contributed by atoms with E-state index in [1.165, 1.54) is 38.2 Å². The Morgan fingerprint density at radius 3 is 1.32 bits per heavy atom. The van der Waals surface area contributed by atoms with Crippen LogP contribution in [-0.4, -0.2) is 0 Å². The van der Waals surface area contributed by atoms with Crippen molar-refractivity contribution in [1.29, 1.82) is 0 Å². The Balaban J connectivity index is 1.11. The van der Waals surface area contributed by atoms with Gasteiger partial charge in [-0.3, -0.25) is 0 Å². The van der Waals surface area contributed by atoms with Gasteiger partial charge in [-0.2, -0.15) is 0 Å². The molecule has 3 heterocycles. The van der Waals surface area contributed by atoms with Crippen molar-refractivity contribution in [3.05, 3.63) is 194 Å². The van der Waals surface area contributed by atoms with Crippen molar-refractivity contribution in [1.82, 2.24) is 0 Å². The van der Waals surface area contributed by atoms with Crippen LogP contribution in [0, 0.1) is 0 Å². The fourth-order valence-electron chi connectivity index (χ4n) is 9.76. The third-order valence-corrected chi connectivity index (χ3v) is 12.3. The number of hydrogen-bond donors (Lipinski definition) is 0. The smallest absolute Gasteiger partial charge is 0.143 e. The SMILES string of the molecule is c1ccc(-c2c3ccccc3c(-c3ccc(-c4ccc(-c5ccc6oc7ccccc7c6c5)c5oc6ccccc6c45)c4oc5ccccc5c34)c3ccccc23)cc1. The van der Waals surface area contributed by atoms with E-state index in [-0.39, 0.29) is 0 Å². The first-order valence-electron chi connectivity index (χ1n) is 20.1. The molecular weight excluding hydrogens is 721 g/mol. The zero-order valence-electron chi connectivity index (χ0n) is 31.7. The zero-order chi connectivity index (χ0) is 38.6. The van der Waals surface area contributed by atoms with Crippen LogP contribution in [0.3, 0.4) is 0 Å². The van der Waals surface area contributed by atoms with Crippen LogP contribution >= 0.6 is 0 Å². The molecule has 3 heteroatoms. The van der Waals surface area contributed by atoms with Crippen molar-refractivity contribution in [2.24, 2.45) is 0 Å². The summed E-state index contributed by atoms with van der Waals surface area (Å²) < 4.78 is 20.0. The Kier molecular flexibility index (Phi) is 6.72. The Bertz CT molecular complexity index is 3780. The topological polar surface area (TPSA) is 39.4 Å². The summed E-state index contributed by atoms with van der Waals surface area (Å²) in [5.74, 6) is 0. The summed E-state index contributed by atoms with van der Waals surface area (Å²) in [6, 6.07) is 68.9. The van der Waals surface area contributed by atoms with Gasteiger partial charge in [-0.05, 0) is 97.4 Å². The van der Waals surface area contributed by atoms with Crippen molar-refractivity contribution in [3.63, 3.8) is 0 Å². The highest BCUT2D eigenvalue weighted by molar-refractivity contribution is 6.28. The molecule has 0 bridgehead atoms. The molecule has 0 aliphatic rings. The van der Waals surface area contributed by atoms with Gasteiger partial charge in [0.2, 0.25) is 0 Å². The van der Waals surface area contributed by atoms with Crippen molar-refractivity contribution < 1.29 is 13.3 Å². The summed E-state index contributed by atoms with van der Waals surface area (Å²) in [6.45, 7) is 0. The van der Waals surface area contributed by atoms with Gasteiger partial charge in [0.05, 0.1) is 0 Å². The highest BCUT2D eigenvalue weighted by Gasteiger charge is 2.25. The van der Waals surface area contributed by atoms with E-state index >= 15 is 0 Å². The molecule has 3 nitrogen and oxygen atoms in total. The highest BCUT2D eigenvalue weighted by atomic mass is 16.3.